The van der Waals surface area contributed by atoms with Gasteiger partial charge in [-0.2, -0.15) is 0 Å². The Bertz CT molecular complexity index is 646. The van der Waals surface area contributed by atoms with Gasteiger partial charge in [0.15, 0.2) is 0 Å². The molecule has 1 aliphatic carbocycles. The Hall–Kier alpha value is -1.64. The molecule has 0 aliphatic heterocycles. The third kappa shape index (κ3) is 2.74. The van der Waals surface area contributed by atoms with Crippen molar-refractivity contribution >= 4 is 0 Å². The highest BCUT2D eigenvalue weighted by Crippen LogP contribution is 2.38. The highest BCUT2D eigenvalue weighted by Gasteiger charge is 2.25. The van der Waals surface area contributed by atoms with E-state index in [1.54, 1.807) is 0 Å². The molecule has 0 heterocycles. The van der Waals surface area contributed by atoms with Crippen molar-refractivity contribution in [3.05, 3.63) is 59.2 Å². The number of benzene rings is 2. The summed E-state index contributed by atoms with van der Waals surface area (Å²) < 4.78 is 0. The molecule has 0 saturated carbocycles. The van der Waals surface area contributed by atoms with Crippen LogP contribution in [-0.4, -0.2) is 18.2 Å². The number of hydrogen-bond acceptors (Lipinski definition) is 2. The van der Waals surface area contributed by atoms with E-state index in [-0.39, 0.29) is 0 Å². The van der Waals surface area contributed by atoms with Crippen LogP contribution in [0.15, 0.2) is 42.5 Å². The molecule has 2 N–H and O–H groups in total. The molecule has 1 atom stereocenters. The van der Waals surface area contributed by atoms with Crippen LogP contribution in [0.5, 0.6) is 0 Å². The molecule has 2 heteroatoms. The van der Waals surface area contributed by atoms with E-state index >= 15 is 0 Å². The minimum absolute atomic E-state index is 0.590. The minimum Gasteiger partial charge on any atom is -0.384 e. The average molecular weight is 281 g/mol. The lowest BCUT2D eigenvalue weighted by Crippen LogP contribution is -2.35. The maximum atomic E-state index is 10.7. The van der Waals surface area contributed by atoms with E-state index in [9.17, 15) is 5.11 Å². The number of aliphatic hydroxyl groups is 1. The first-order chi connectivity index (χ1) is 10.1. The van der Waals surface area contributed by atoms with Crippen LogP contribution in [-0.2, 0) is 12.0 Å². The molecular weight excluding hydrogens is 258 g/mol. The zero-order valence-electron chi connectivity index (χ0n) is 12.8. The van der Waals surface area contributed by atoms with Gasteiger partial charge in [0.2, 0.25) is 0 Å². The Labute approximate surface area is 126 Å². The topological polar surface area (TPSA) is 32.3 Å². The van der Waals surface area contributed by atoms with Gasteiger partial charge in [0, 0.05) is 6.54 Å². The Morgan fingerprint density at radius 2 is 1.86 bits per heavy atom. The second-order valence-electron chi connectivity index (χ2n) is 6.16. The third-order valence-electron chi connectivity index (χ3n) is 4.31. The molecule has 1 unspecified atom stereocenters. The highest BCUT2D eigenvalue weighted by atomic mass is 16.3. The molecule has 1 aliphatic rings. The lowest BCUT2D eigenvalue weighted by Gasteiger charge is -2.25. The van der Waals surface area contributed by atoms with Crippen LogP contribution in [0.2, 0.25) is 0 Å². The minimum atomic E-state index is -0.820. The average Bonchev–Trinajstić information content (AvgIpc) is 2.85. The zero-order valence-corrected chi connectivity index (χ0v) is 12.8. The van der Waals surface area contributed by atoms with Gasteiger partial charge < -0.3 is 10.4 Å². The van der Waals surface area contributed by atoms with Crippen LogP contribution in [0, 0.1) is 0 Å². The molecule has 0 amide bonds. The van der Waals surface area contributed by atoms with Crippen molar-refractivity contribution in [3.8, 4) is 11.1 Å². The summed E-state index contributed by atoms with van der Waals surface area (Å²) in [5, 5.41) is 14.0. The second kappa shape index (κ2) is 5.63. The molecule has 0 spiro atoms. The number of rotatable bonds is 5. The standard InChI is InChI=1S/C19H23NO/c1-3-10-20-13-19(2,21)16-8-9-18-15(12-16)11-14-6-4-5-7-17(14)18/h4-9,12,20-21H,3,10-11,13H2,1-2H3. The van der Waals surface area contributed by atoms with E-state index in [0.29, 0.717) is 6.54 Å². The molecule has 2 aromatic carbocycles. The van der Waals surface area contributed by atoms with Gasteiger partial charge in [-0.25, -0.2) is 0 Å². The SMILES string of the molecule is CCCNCC(C)(O)c1ccc2c(c1)Cc1ccccc1-2. The quantitative estimate of drug-likeness (QED) is 0.702. The number of fused-ring (bicyclic) bond motifs is 3. The van der Waals surface area contributed by atoms with E-state index in [1.807, 2.05) is 6.92 Å². The Morgan fingerprint density at radius 1 is 1.10 bits per heavy atom. The summed E-state index contributed by atoms with van der Waals surface area (Å²) in [5.41, 5.74) is 5.53. The molecule has 0 aromatic heterocycles. The Morgan fingerprint density at radius 3 is 2.67 bits per heavy atom. The first kappa shape index (κ1) is 14.3. The fraction of sp³-hybridized carbons (Fsp3) is 0.368. The largest absolute Gasteiger partial charge is 0.384 e. The lowest BCUT2D eigenvalue weighted by atomic mass is 9.92. The van der Waals surface area contributed by atoms with Crippen LogP contribution < -0.4 is 5.32 Å². The van der Waals surface area contributed by atoms with Crippen LogP contribution in [0.1, 0.15) is 37.0 Å². The van der Waals surface area contributed by atoms with Gasteiger partial charge in [-0.1, -0.05) is 49.4 Å². The van der Waals surface area contributed by atoms with Crippen LogP contribution in [0.25, 0.3) is 11.1 Å². The molecule has 0 fully saturated rings. The van der Waals surface area contributed by atoms with Crippen molar-refractivity contribution in [2.24, 2.45) is 0 Å². The van der Waals surface area contributed by atoms with E-state index < -0.39 is 5.60 Å². The summed E-state index contributed by atoms with van der Waals surface area (Å²) in [6.07, 6.45) is 2.05. The van der Waals surface area contributed by atoms with Crippen molar-refractivity contribution < 1.29 is 5.11 Å². The molecule has 21 heavy (non-hydrogen) atoms. The van der Waals surface area contributed by atoms with Crippen molar-refractivity contribution in [2.75, 3.05) is 13.1 Å². The predicted octanol–water partition coefficient (Wildman–Crippen LogP) is 3.46. The van der Waals surface area contributed by atoms with Gasteiger partial charge in [0.05, 0.1) is 5.60 Å². The Kier molecular flexibility index (Phi) is 3.83. The van der Waals surface area contributed by atoms with E-state index in [4.69, 9.17) is 0 Å². The first-order valence-corrected chi connectivity index (χ1v) is 7.76. The monoisotopic (exact) mass is 281 g/mol. The van der Waals surface area contributed by atoms with Crippen LogP contribution >= 0.6 is 0 Å². The maximum Gasteiger partial charge on any atom is 0.0992 e. The Balaban J connectivity index is 1.86. The fourth-order valence-electron chi connectivity index (χ4n) is 3.09. The van der Waals surface area contributed by atoms with Crippen molar-refractivity contribution in [1.29, 1.82) is 0 Å². The van der Waals surface area contributed by atoms with Gasteiger partial charge in [0.25, 0.3) is 0 Å². The number of nitrogens with one attached hydrogen (secondary N) is 1. The van der Waals surface area contributed by atoms with Gasteiger partial charge in [-0.15, -0.1) is 0 Å². The summed E-state index contributed by atoms with van der Waals surface area (Å²) in [6, 6.07) is 14.9. The van der Waals surface area contributed by atoms with Gasteiger partial charge in [0.1, 0.15) is 0 Å². The molecule has 0 saturated heterocycles. The van der Waals surface area contributed by atoms with Crippen molar-refractivity contribution in [1.82, 2.24) is 5.32 Å². The third-order valence-corrected chi connectivity index (χ3v) is 4.31. The summed E-state index contributed by atoms with van der Waals surface area (Å²) in [7, 11) is 0. The normalized spacial score (nSPS) is 15.4. The number of hydrogen-bond donors (Lipinski definition) is 2. The molecular formula is C19H23NO. The lowest BCUT2D eigenvalue weighted by molar-refractivity contribution is 0.0572. The summed E-state index contributed by atoms with van der Waals surface area (Å²) in [5.74, 6) is 0. The zero-order chi connectivity index (χ0) is 14.9. The first-order valence-electron chi connectivity index (χ1n) is 7.76. The van der Waals surface area contributed by atoms with Crippen molar-refractivity contribution in [3.63, 3.8) is 0 Å². The smallest absolute Gasteiger partial charge is 0.0992 e. The maximum absolute atomic E-state index is 10.7. The van der Waals surface area contributed by atoms with E-state index in [1.165, 1.54) is 22.3 Å². The summed E-state index contributed by atoms with van der Waals surface area (Å²) in [6.45, 7) is 5.55. The predicted molar refractivity (Wildman–Crippen MR) is 87.4 cm³/mol. The van der Waals surface area contributed by atoms with E-state index in [0.717, 1.165) is 24.9 Å². The van der Waals surface area contributed by atoms with Gasteiger partial charge in [-0.3, -0.25) is 0 Å². The van der Waals surface area contributed by atoms with E-state index in [2.05, 4.69) is 54.7 Å². The second-order valence-corrected chi connectivity index (χ2v) is 6.16. The van der Waals surface area contributed by atoms with Crippen LogP contribution in [0.4, 0.5) is 0 Å². The molecule has 3 rings (SSSR count). The highest BCUT2D eigenvalue weighted by molar-refractivity contribution is 5.77. The van der Waals surface area contributed by atoms with Gasteiger partial charge in [-0.05, 0) is 54.1 Å². The molecule has 2 aromatic rings. The molecule has 0 bridgehead atoms. The molecule has 0 radical (unpaired) electrons. The molecule has 2 nitrogen and oxygen atoms in total. The summed E-state index contributed by atoms with van der Waals surface area (Å²) >= 11 is 0. The summed E-state index contributed by atoms with van der Waals surface area (Å²) in [4.78, 5) is 0. The molecule has 110 valence electrons. The van der Waals surface area contributed by atoms with Crippen LogP contribution in [0.3, 0.4) is 0 Å². The van der Waals surface area contributed by atoms with Gasteiger partial charge >= 0.3 is 0 Å². The van der Waals surface area contributed by atoms with Crippen molar-refractivity contribution in [2.45, 2.75) is 32.3 Å². The fourth-order valence-corrected chi connectivity index (χ4v) is 3.09.